The third-order valence-corrected chi connectivity index (χ3v) is 6.91. The number of rotatable bonds is 3. The highest BCUT2D eigenvalue weighted by Gasteiger charge is 2.36. The molecule has 0 bridgehead atoms. The Labute approximate surface area is 197 Å². The summed E-state index contributed by atoms with van der Waals surface area (Å²) >= 11 is 12.5. The predicted molar refractivity (Wildman–Crippen MR) is 130 cm³/mol. The molecule has 0 spiro atoms. The van der Waals surface area contributed by atoms with Gasteiger partial charge in [0.25, 0.3) is 0 Å². The molecular weight excluding hydrogens is 443 g/mol. The van der Waals surface area contributed by atoms with Gasteiger partial charge in [-0.25, -0.2) is 0 Å². The Morgan fingerprint density at radius 3 is 2.31 bits per heavy atom. The van der Waals surface area contributed by atoms with Gasteiger partial charge in [0.1, 0.15) is 5.75 Å². The molecule has 1 heterocycles. The number of hydrogen-bond donors (Lipinski definition) is 2. The average Bonchev–Trinajstić information content (AvgIpc) is 2.98. The first-order valence-electron chi connectivity index (χ1n) is 10.5. The summed E-state index contributed by atoms with van der Waals surface area (Å²) in [5, 5.41) is 8.08. The molecule has 6 heteroatoms. The molecule has 4 nitrogen and oxygen atoms in total. The number of carbonyl (C=O) groups excluding carboxylic acids is 1. The highest BCUT2D eigenvalue weighted by Crippen LogP contribution is 2.44. The Morgan fingerprint density at radius 2 is 1.59 bits per heavy atom. The number of benzene rings is 3. The van der Waals surface area contributed by atoms with Crippen LogP contribution in [-0.2, 0) is 4.79 Å². The molecule has 2 atom stereocenters. The van der Waals surface area contributed by atoms with E-state index in [0.29, 0.717) is 16.5 Å². The minimum absolute atomic E-state index is 0.0966. The molecule has 2 aliphatic rings. The van der Waals surface area contributed by atoms with Crippen molar-refractivity contribution in [1.82, 2.24) is 0 Å². The van der Waals surface area contributed by atoms with Crippen LogP contribution in [-0.4, -0.2) is 12.9 Å². The van der Waals surface area contributed by atoms with Crippen LogP contribution in [0, 0.1) is 0 Å². The molecule has 0 amide bonds. The van der Waals surface area contributed by atoms with Gasteiger partial charge < -0.3 is 15.4 Å². The fourth-order valence-electron chi connectivity index (χ4n) is 4.55. The molecule has 1 aliphatic heterocycles. The number of Topliss-reactive ketones (excluding diaryl/α,β-unsaturated/α-hetero) is 1. The number of nitrogens with one attached hydrogen (secondary N) is 2. The zero-order valence-corrected chi connectivity index (χ0v) is 19.0. The Balaban J connectivity index is 1.59. The van der Waals surface area contributed by atoms with Gasteiger partial charge in [0, 0.05) is 17.7 Å². The normalized spacial score (nSPS) is 19.9. The van der Waals surface area contributed by atoms with Crippen molar-refractivity contribution in [3.8, 4) is 5.75 Å². The molecule has 5 rings (SSSR count). The van der Waals surface area contributed by atoms with Crippen molar-refractivity contribution >= 4 is 40.4 Å². The van der Waals surface area contributed by atoms with Crippen molar-refractivity contribution in [2.75, 3.05) is 17.7 Å². The van der Waals surface area contributed by atoms with Crippen LogP contribution in [0.1, 0.15) is 35.9 Å². The van der Waals surface area contributed by atoms with Crippen molar-refractivity contribution in [2.24, 2.45) is 0 Å². The fourth-order valence-corrected chi connectivity index (χ4v) is 4.85. The molecule has 0 aromatic heterocycles. The van der Waals surface area contributed by atoms with Gasteiger partial charge in [-0.3, -0.25) is 4.79 Å². The number of fused-ring (bicyclic) bond motifs is 1. The van der Waals surface area contributed by atoms with Crippen LogP contribution < -0.4 is 15.4 Å². The first kappa shape index (κ1) is 20.9. The summed E-state index contributed by atoms with van der Waals surface area (Å²) < 4.78 is 5.28. The third-order valence-electron chi connectivity index (χ3n) is 6.17. The molecule has 32 heavy (non-hydrogen) atoms. The molecule has 0 fully saturated rings. The molecule has 162 valence electrons. The third kappa shape index (κ3) is 3.85. The smallest absolute Gasteiger partial charge is 0.163 e. The largest absolute Gasteiger partial charge is 0.497 e. The van der Waals surface area contributed by atoms with Gasteiger partial charge in [0.15, 0.2) is 5.78 Å². The van der Waals surface area contributed by atoms with Crippen LogP contribution in [0.25, 0.3) is 0 Å². The standard InChI is InChI=1S/C26H22Cl2N2O2/c1-32-18-9-6-15(7-10-18)17-13-23-25(24(31)14-17)26(16-8-11-19(27)20(28)12-16)30-22-5-3-2-4-21(22)29-23/h2-12,17,26,29-30H,13-14H2,1H3. The van der Waals surface area contributed by atoms with Crippen LogP contribution in [0.15, 0.2) is 78.0 Å². The highest BCUT2D eigenvalue weighted by atomic mass is 35.5. The van der Waals surface area contributed by atoms with E-state index in [4.69, 9.17) is 27.9 Å². The van der Waals surface area contributed by atoms with Crippen molar-refractivity contribution in [2.45, 2.75) is 24.8 Å². The van der Waals surface area contributed by atoms with Crippen molar-refractivity contribution in [3.63, 3.8) is 0 Å². The molecule has 2 unspecified atom stereocenters. The summed E-state index contributed by atoms with van der Waals surface area (Å²) in [6.45, 7) is 0. The second-order valence-electron chi connectivity index (χ2n) is 8.12. The summed E-state index contributed by atoms with van der Waals surface area (Å²) in [4.78, 5) is 13.6. The monoisotopic (exact) mass is 464 g/mol. The zero-order chi connectivity index (χ0) is 22.2. The molecule has 0 radical (unpaired) electrons. The molecule has 2 N–H and O–H groups in total. The van der Waals surface area contributed by atoms with E-state index < -0.39 is 0 Å². The lowest BCUT2D eigenvalue weighted by Crippen LogP contribution is -2.26. The molecular formula is C26H22Cl2N2O2. The second-order valence-corrected chi connectivity index (χ2v) is 8.93. The number of allylic oxidation sites excluding steroid dienone is 1. The Bertz CT molecular complexity index is 1220. The van der Waals surface area contributed by atoms with E-state index in [1.165, 1.54) is 0 Å². The molecule has 0 saturated carbocycles. The van der Waals surface area contributed by atoms with E-state index in [0.717, 1.165) is 45.9 Å². The van der Waals surface area contributed by atoms with E-state index in [2.05, 4.69) is 10.6 Å². The number of carbonyl (C=O) groups is 1. The Hall–Kier alpha value is -2.95. The average molecular weight is 465 g/mol. The summed E-state index contributed by atoms with van der Waals surface area (Å²) in [7, 11) is 1.65. The van der Waals surface area contributed by atoms with Gasteiger partial charge in [0.05, 0.1) is 34.6 Å². The lowest BCUT2D eigenvalue weighted by molar-refractivity contribution is -0.116. The van der Waals surface area contributed by atoms with Crippen LogP contribution >= 0.6 is 23.2 Å². The maximum Gasteiger partial charge on any atom is 0.163 e. The van der Waals surface area contributed by atoms with E-state index >= 15 is 0 Å². The first-order chi connectivity index (χ1) is 15.5. The van der Waals surface area contributed by atoms with E-state index in [9.17, 15) is 4.79 Å². The topological polar surface area (TPSA) is 50.4 Å². The number of methoxy groups -OCH3 is 1. The van der Waals surface area contributed by atoms with E-state index in [1.807, 2.05) is 60.7 Å². The summed E-state index contributed by atoms with van der Waals surface area (Å²) in [5.74, 6) is 1.02. The van der Waals surface area contributed by atoms with Crippen molar-refractivity contribution < 1.29 is 9.53 Å². The van der Waals surface area contributed by atoms with Crippen molar-refractivity contribution in [1.29, 1.82) is 0 Å². The summed E-state index contributed by atoms with van der Waals surface area (Å²) in [5.41, 5.74) is 5.61. The second kappa shape index (κ2) is 8.53. The van der Waals surface area contributed by atoms with Crippen molar-refractivity contribution in [3.05, 3.63) is 99.2 Å². The maximum atomic E-state index is 13.6. The van der Waals surface area contributed by atoms with Gasteiger partial charge >= 0.3 is 0 Å². The maximum absolute atomic E-state index is 13.6. The number of ether oxygens (including phenoxy) is 1. The summed E-state index contributed by atoms with van der Waals surface area (Å²) in [6, 6.07) is 21.2. The fraction of sp³-hybridized carbons (Fsp3) is 0.192. The first-order valence-corrected chi connectivity index (χ1v) is 11.3. The summed E-state index contributed by atoms with van der Waals surface area (Å²) in [6.07, 6.45) is 1.18. The van der Waals surface area contributed by atoms with Gasteiger partial charge in [-0.15, -0.1) is 0 Å². The number of hydrogen-bond acceptors (Lipinski definition) is 4. The molecule has 1 aliphatic carbocycles. The van der Waals surface area contributed by atoms with Crippen LogP contribution in [0.5, 0.6) is 5.75 Å². The lowest BCUT2D eigenvalue weighted by Gasteiger charge is -2.30. The van der Waals surface area contributed by atoms with Gasteiger partial charge in [-0.05, 0) is 59.9 Å². The highest BCUT2D eigenvalue weighted by molar-refractivity contribution is 6.42. The quantitative estimate of drug-likeness (QED) is 0.438. The minimum Gasteiger partial charge on any atom is -0.497 e. The number of halogens is 2. The number of anilines is 2. The van der Waals surface area contributed by atoms with Crippen LogP contribution in [0.2, 0.25) is 10.0 Å². The zero-order valence-electron chi connectivity index (χ0n) is 17.5. The Morgan fingerprint density at radius 1 is 0.875 bits per heavy atom. The minimum atomic E-state index is -0.319. The van der Waals surface area contributed by atoms with Gasteiger partial charge in [-0.2, -0.15) is 0 Å². The predicted octanol–water partition coefficient (Wildman–Crippen LogP) is 6.98. The van der Waals surface area contributed by atoms with E-state index in [-0.39, 0.29) is 17.7 Å². The van der Waals surface area contributed by atoms with E-state index in [1.54, 1.807) is 13.2 Å². The van der Waals surface area contributed by atoms with Gasteiger partial charge in [0.2, 0.25) is 0 Å². The lowest BCUT2D eigenvalue weighted by atomic mass is 9.78. The van der Waals surface area contributed by atoms with Gasteiger partial charge in [-0.1, -0.05) is 53.5 Å². The van der Waals surface area contributed by atoms with Crippen LogP contribution in [0.4, 0.5) is 11.4 Å². The molecule has 3 aromatic carbocycles. The number of ketones is 1. The number of para-hydroxylation sites is 2. The SMILES string of the molecule is COc1ccc(C2CC(=O)C3=C(C2)Nc2ccccc2NC3c2ccc(Cl)c(Cl)c2)cc1. The van der Waals surface area contributed by atoms with Crippen LogP contribution in [0.3, 0.4) is 0 Å². The Kier molecular flexibility index (Phi) is 5.58. The molecule has 3 aromatic rings. The molecule has 0 saturated heterocycles.